The number of likely N-dealkylation sites (tertiary alicyclic amines) is 1. The molecule has 162 valence electrons. The molecule has 0 bridgehead atoms. The van der Waals surface area contributed by atoms with Crippen molar-refractivity contribution >= 4 is 23.1 Å². The lowest BCUT2D eigenvalue weighted by Gasteiger charge is -2.29. The van der Waals surface area contributed by atoms with Gasteiger partial charge in [-0.1, -0.05) is 11.6 Å². The van der Waals surface area contributed by atoms with E-state index in [1.54, 1.807) is 6.20 Å². The van der Waals surface area contributed by atoms with Crippen LogP contribution in [0.1, 0.15) is 25.7 Å². The van der Waals surface area contributed by atoms with E-state index in [2.05, 4.69) is 38.6 Å². The first-order valence-electron chi connectivity index (χ1n) is 11.0. The van der Waals surface area contributed by atoms with Crippen molar-refractivity contribution in [3.63, 3.8) is 0 Å². The average Bonchev–Trinajstić information content (AvgIpc) is 2.79. The van der Waals surface area contributed by atoms with Gasteiger partial charge in [0.2, 0.25) is 0 Å². The van der Waals surface area contributed by atoms with Gasteiger partial charge in [-0.05, 0) is 69.8 Å². The Morgan fingerprint density at radius 1 is 1.00 bits per heavy atom. The van der Waals surface area contributed by atoms with Crippen LogP contribution in [-0.2, 0) is 4.74 Å². The minimum atomic E-state index is 0.642. The first kappa shape index (κ1) is 21.3. The fourth-order valence-electron chi connectivity index (χ4n) is 4.17. The molecule has 2 fully saturated rings. The van der Waals surface area contributed by atoms with Crippen molar-refractivity contribution in [2.75, 3.05) is 57.1 Å². The fraction of sp³-hybridized carbons (Fsp3) is 0.565. The number of rotatable bonds is 7. The molecule has 0 amide bonds. The zero-order chi connectivity index (χ0) is 20.8. The monoisotopic (exact) mass is 429 g/mol. The maximum Gasteiger partial charge on any atom is 0.126 e. The van der Waals surface area contributed by atoms with Crippen LogP contribution in [0.15, 0.2) is 30.7 Å². The Labute approximate surface area is 184 Å². The molecule has 0 saturated carbocycles. The maximum absolute atomic E-state index is 6.49. The van der Waals surface area contributed by atoms with Crippen LogP contribution in [0.4, 0.5) is 11.5 Å². The van der Waals surface area contributed by atoms with Crippen molar-refractivity contribution < 1.29 is 4.74 Å². The predicted octanol–water partition coefficient (Wildman–Crippen LogP) is 4.39. The lowest BCUT2D eigenvalue weighted by Crippen LogP contribution is -2.33. The number of nitrogens with one attached hydrogen (secondary N) is 2. The number of ether oxygens (including phenoxy) is 1. The topological polar surface area (TPSA) is 62.3 Å². The summed E-state index contributed by atoms with van der Waals surface area (Å²) in [6.07, 6.45) is 10.2. The Kier molecular flexibility index (Phi) is 7.42. The Hall–Kier alpha value is -1.89. The van der Waals surface area contributed by atoms with Crippen molar-refractivity contribution in [1.82, 2.24) is 14.9 Å². The maximum atomic E-state index is 6.49. The molecule has 0 radical (unpaired) electrons. The third kappa shape index (κ3) is 5.84. The SMILES string of the molecule is CN1CCC(CNc2cc(-c3cncc(NCC4CCOCC4)c3)c(Cl)cn2)CC1. The summed E-state index contributed by atoms with van der Waals surface area (Å²) in [6, 6.07) is 4.16. The highest BCUT2D eigenvalue weighted by Crippen LogP contribution is 2.30. The number of pyridine rings is 2. The van der Waals surface area contributed by atoms with Crippen molar-refractivity contribution in [2.45, 2.75) is 25.7 Å². The van der Waals surface area contributed by atoms with Gasteiger partial charge < -0.3 is 20.3 Å². The van der Waals surface area contributed by atoms with Gasteiger partial charge in [0.1, 0.15) is 5.82 Å². The molecule has 2 aliphatic heterocycles. The molecular weight excluding hydrogens is 398 g/mol. The van der Waals surface area contributed by atoms with Gasteiger partial charge in [-0.15, -0.1) is 0 Å². The minimum absolute atomic E-state index is 0.642. The van der Waals surface area contributed by atoms with E-state index in [4.69, 9.17) is 16.3 Å². The number of nitrogens with zero attached hydrogens (tertiary/aromatic N) is 3. The highest BCUT2D eigenvalue weighted by Gasteiger charge is 2.17. The van der Waals surface area contributed by atoms with Crippen molar-refractivity contribution in [2.24, 2.45) is 11.8 Å². The molecule has 30 heavy (non-hydrogen) atoms. The van der Waals surface area contributed by atoms with Crippen LogP contribution < -0.4 is 10.6 Å². The summed E-state index contributed by atoms with van der Waals surface area (Å²) in [6.45, 7) is 5.97. The zero-order valence-electron chi connectivity index (χ0n) is 17.7. The quantitative estimate of drug-likeness (QED) is 0.680. The van der Waals surface area contributed by atoms with Gasteiger partial charge in [0.15, 0.2) is 0 Å². The Bertz CT molecular complexity index is 819. The van der Waals surface area contributed by atoms with Gasteiger partial charge in [0.25, 0.3) is 0 Å². The summed E-state index contributed by atoms with van der Waals surface area (Å²) in [4.78, 5) is 11.3. The molecule has 0 unspecified atom stereocenters. The summed E-state index contributed by atoms with van der Waals surface area (Å²) in [5.74, 6) is 2.22. The lowest BCUT2D eigenvalue weighted by molar-refractivity contribution is 0.0699. The van der Waals surface area contributed by atoms with E-state index in [9.17, 15) is 0 Å². The molecule has 4 rings (SSSR count). The van der Waals surface area contributed by atoms with E-state index >= 15 is 0 Å². The summed E-state index contributed by atoms with van der Waals surface area (Å²) < 4.78 is 5.45. The Morgan fingerprint density at radius 2 is 1.73 bits per heavy atom. The molecule has 0 aliphatic carbocycles. The fourth-order valence-corrected chi connectivity index (χ4v) is 4.38. The standard InChI is InChI=1S/C23H32ClN5O/c1-29-6-2-17(3-7-29)13-27-23-11-21(22(24)16-28-23)19-10-20(15-25-14-19)26-12-18-4-8-30-9-5-18/h10-11,14-18,26H,2-9,12-13H2,1H3,(H,27,28). The summed E-state index contributed by atoms with van der Waals surface area (Å²) >= 11 is 6.49. The number of halogens is 1. The van der Waals surface area contributed by atoms with Gasteiger partial charge in [0, 0.05) is 56.0 Å². The molecule has 2 aromatic heterocycles. The zero-order valence-corrected chi connectivity index (χ0v) is 18.5. The normalized spacial score (nSPS) is 19.0. The number of piperidine rings is 1. The highest BCUT2D eigenvalue weighted by molar-refractivity contribution is 6.33. The lowest BCUT2D eigenvalue weighted by atomic mass is 9.97. The molecule has 2 saturated heterocycles. The molecule has 0 spiro atoms. The molecule has 2 aliphatic rings. The molecule has 2 aromatic rings. The van der Waals surface area contributed by atoms with E-state index in [-0.39, 0.29) is 0 Å². The molecular formula is C23H32ClN5O. The van der Waals surface area contributed by atoms with Crippen LogP contribution in [0.3, 0.4) is 0 Å². The number of aromatic nitrogens is 2. The van der Waals surface area contributed by atoms with Crippen LogP contribution >= 0.6 is 11.6 Å². The highest BCUT2D eigenvalue weighted by atomic mass is 35.5. The van der Waals surface area contributed by atoms with Crippen molar-refractivity contribution in [3.05, 3.63) is 35.7 Å². The van der Waals surface area contributed by atoms with E-state index < -0.39 is 0 Å². The van der Waals surface area contributed by atoms with Crippen LogP contribution in [0, 0.1) is 11.8 Å². The smallest absolute Gasteiger partial charge is 0.126 e. The number of hydrogen-bond acceptors (Lipinski definition) is 6. The van der Waals surface area contributed by atoms with Crippen molar-refractivity contribution in [3.8, 4) is 11.1 Å². The van der Waals surface area contributed by atoms with Gasteiger partial charge in [-0.25, -0.2) is 4.98 Å². The largest absolute Gasteiger partial charge is 0.384 e. The van der Waals surface area contributed by atoms with E-state index in [1.165, 1.54) is 25.9 Å². The van der Waals surface area contributed by atoms with Crippen molar-refractivity contribution in [1.29, 1.82) is 0 Å². The number of anilines is 2. The third-order valence-corrected chi connectivity index (χ3v) is 6.55. The molecule has 7 heteroatoms. The summed E-state index contributed by atoms with van der Waals surface area (Å²) in [7, 11) is 2.19. The summed E-state index contributed by atoms with van der Waals surface area (Å²) in [5, 5.41) is 7.69. The Balaban J connectivity index is 1.39. The van der Waals surface area contributed by atoms with Gasteiger partial charge in [-0.3, -0.25) is 4.98 Å². The van der Waals surface area contributed by atoms with Gasteiger partial charge >= 0.3 is 0 Å². The third-order valence-electron chi connectivity index (χ3n) is 6.25. The second-order valence-corrected chi connectivity index (χ2v) is 8.98. The van der Waals surface area contributed by atoms with E-state index in [1.807, 2.05) is 18.5 Å². The molecule has 6 nitrogen and oxygen atoms in total. The van der Waals surface area contributed by atoms with Crippen LogP contribution in [0.2, 0.25) is 5.02 Å². The van der Waals surface area contributed by atoms with Gasteiger partial charge in [-0.2, -0.15) is 0 Å². The predicted molar refractivity (Wildman–Crippen MR) is 123 cm³/mol. The van der Waals surface area contributed by atoms with Crippen LogP contribution in [-0.4, -0.2) is 61.3 Å². The van der Waals surface area contributed by atoms with Crippen LogP contribution in [0.25, 0.3) is 11.1 Å². The second kappa shape index (κ2) is 10.4. The van der Waals surface area contributed by atoms with E-state index in [0.29, 0.717) is 16.9 Å². The summed E-state index contributed by atoms with van der Waals surface area (Å²) in [5.41, 5.74) is 2.98. The molecule has 2 N–H and O–H groups in total. The van der Waals surface area contributed by atoms with Gasteiger partial charge in [0.05, 0.1) is 10.7 Å². The average molecular weight is 430 g/mol. The first-order valence-corrected chi connectivity index (χ1v) is 11.4. The second-order valence-electron chi connectivity index (χ2n) is 8.58. The minimum Gasteiger partial charge on any atom is -0.384 e. The van der Waals surface area contributed by atoms with Crippen LogP contribution in [0.5, 0.6) is 0 Å². The molecule has 4 heterocycles. The number of hydrogen-bond donors (Lipinski definition) is 2. The molecule has 0 atom stereocenters. The first-order chi connectivity index (χ1) is 14.7. The van der Waals surface area contributed by atoms with E-state index in [0.717, 1.165) is 61.8 Å². The molecule has 0 aromatic carbocycles. The Morgan fingerprint density at radius 3 is 2.53 bits per heavy atom.